The number of hydrogen-bond donors (Lipinski definition) is 3. The van der Waals surface area contributed by atoms with E-state index in [1.807, 2.05) is 20.8 Å². The fourth-order valence-electron chi connectivity index (χ4n) is 1.34. The molecule has 3 N–H and O–H groups in total. The molecule has 1 aromatic heterocycles. The molecule has 0 unspecified atom stereocenters. The summed E-state index contributed by atoms with van der Waals surface area (Å²) < 4.78 is 1.77. The van der Waals surface area contributed by atoms with Gasteiger partial charge in [0.25, 0.3) is 0 Å². The number of anilines is 1. The summed E-state index contributed by atoms with van der Waals surface area (Å²) in [6.45, 7) is 5.93. The van der Waals surface area contributed by atoms with Crippen molar-refractivity contribution in [3.8, 4) is 0 Å². The van der Waals surface area contributed by atoms with E-state index in [1.54, 1.807) is 17.1 Å². The van der Waals surface area contributed by atoms with E-state index in [2.05, 4.69) is 15.7 Å². The third-order valence-corrected chi connectivity index (χ3v) is 2.33. The normalized spacial score (nSPS) is 12.5. The third-order valence-electron chi connectivity index (χ3n) is 2.33. The summed E-state index contributed by atoms with van der Waals surface area (Å²) in [7, 11) is 0. The number of hydrogen-bond acceptors (Lipinski definition) is 3. The first-order chi connectivity index (χ1) is 8.02. The van der Waals surface area contributed by atoms with Crippen LogP contribution in [0.5, 0.6) is 0 Å². The monoisotopic (exact) mass is 240 g/mol. The molecular formula is C11H20N4O2. The molecular weight excluding hydrogens is 220 g/mol. The fraction of sp³-hybridized carbons (Fsp3) is 0.636. The van der Waals surface area contributed by atoms with Crippen molar-refractivity contribution in [3.05, 3.63) is 12.4 Å². The zero-order chi connectivity index (χ0) is 12.8. The van der Waals surface area contributed by atoms with Crippen molar-refractivity contribution >= 4 is 11.7 Å². The minimum Gasteiger partial charge on any atom is -0.396 e. The lowest BCUT2D eigenvalue weighted by molar-refractivity contribution is 0.241. The van der Waals surface area contributed by atoms with Crippen molar-refractivity contribution in [2.75, 3.05) is 11.9 Å². The Bertz CT molecular complexity index is 362. The Morgan fingerprint density at radius 3 is 2.76 bits per heavy atom. The molecule has 1 atom stereocenters. The molecule has 6 heteroatoms. The number of nitrogens with one attached hydrogen (secondary N) is 2. The Kier molecular flexibility index (Phi) is 4.96. The number of aromatic nitrogens is 2. The molecule has 17 heavy (non-hydrogen) atoms. The summed E-state index contributed by atoms with van der Waals surface area (Å²) in [5.41, 5.74) is 0.660. The number of carbonyl (C=O) groups excluding carboxylic acids is 1. The first-order valence-corrected chi connectivity index (χ1v) is 5.75. The highest BCUT2D eigenvalue weighted by atomic mass is 16.3. The van der Waals surface area contributed by atoms with Crippen LogP contribution in [0.4, 0.5) is 10.5 Å². The molecule has 0 radical (unpaired) electrons. The Morgan fingerprint density at radius 2 is 2.24 bits per heavy atom. The highest BCUT2D eigenvalue weighted by Gasteiger charge is 2.08. The van der Waals surface area contributed by atoms with Gasteiger partial charge in [-0.05, 0) is 27.2 Å². The molecule has 0 bridgehead atoms. The Labute approximate surface area is 101 Å². The van der Waals surface area contributed by atoms with E-state index in [0.717, 1.165) is 0 Å². The fourth-order valence-corrected chi connectivity index (χ4v) is 1.34. The van der Waals surface area contributed by atoms with Gasteiger partial charge in [0.2, 0.25) is 0 Å². The van der Waals surface area contributed by atoms with Crippen LogP contribution < -0.4 is 10.6 Å². The van der Waals surface area contributed by atoms with Gasteiger partial charge in [-0.2, -0.15) is 5.10 Å². The predicted octanol–water partition coefficient (Wildman–Crippen LogP) is 1.36. The van der Waals surface area contributed by atoms with E-state index in [1.165, 1.54) is 0 Å². The van der Waals surface area contributed by atoms with E-state index >= 15 is 0 Å². The van der Waals surface area contributed by atoms with Gasteiger partial charge in [0, 0.05) is 24.9 Å². The van der Waals surface area contributed by atoms with Crippen LogP contribution in [0.3, 0.4) is 0 Å². The maximum Gasteiger partial charge on any atom is 0.319 e. The zero-order valence-electron chi connectivity index (χ0n) is 10.5. The molecule has 0 aromatic carbocycles. The molecule has 0 saturated carbocycles. The summed E-state index contributed by atoms with van der Waals surface area (Å²) in [5, 5.41) is 18.2. The molecule has 0 saturated heterocycles. The van der Waals surface area contributed by atoms with Gasteiger partial charge in [-0.1, -0.05) is 0 Å². The lowest BCUT2D eigenvalue weighted by Crippen LogP contribution is -2.36. The molecule has 1 aromatic rings. The van der Waals surface area contributed by atoms with E-state index < -0.39 is 0 Å². The average Bonchev–Trinajstić information content (AvgIpc) is 2.66. The molecule has 6 nitrogen and oxygen atoms in total. The standard InChI is InChI=1S/C11H20N4O2/c1-8(2)15-7-10(6-12-15)14-11(17)13-9(3)4-5-16/h6-9,16H,4-5H2,1-3H3,(H2,13,14,17)/t9-/m1/s1. The Hall–Kier alpha value is -1.56. The van der Waals surface area contributed by atoms with E-state index in [0.29, 0.717) is 12.1 Å². The van der Waals surface area contributed by atoms with Crippen molar-refractivity contribution in [2.45, 2.75) is 39.3 Å². The summed E-state index contributed by atoms with van der Waals surface area (Å²) in [4.78, 5) is 11.5. The van der Waals surface area contributed by atoms with Crippen LogP contribution in [0, 0.1) is 0 Å². The molecule has 0 aliphatic rings. The zero-order valence-corrected chi connectivity index (χ0v) is 10.5. The summed E-state index contributed by atoms with van der Waals surface area (Å²) in [6, 6.07) is -0.0728. The summed E-state index contributed by atoms with van der Waals surface area (Å²) >= 11 is 0. The molecule has 0 aliphatic carbocycles. The second kappa shape index (κ2) is 6.24. The number of aliphatic hydroxyl groups is 1. The van der Waals surface area contributed by atoms with E-state index in [-0.39, 0.29) is 24.7 Å². The summed E-state index contributed by atoms with van der Waals surface area (Å²) in [5.74, 6) is 0. The Balaban J connectivity index is 2.44. The average molecular weight is 240 g/mol. The SMILES string of the molecule is CC(C)n1cc(NC(=O)N[C@H](C)CCO)cn1. The number of amides is 2. The first-order valence-electron chi connectivity index (χ1n) is 5.75. The van der Waals surface area contributed by atoms with Gasteiger partial charge in [-0.3, -0.25) is 4.68 Å². The van der Waals surface area contributed by atoms with Crippen LogP contribution in [0.2, 0.25) is 0 Å². The number of rotatable bonds is 5. The molecule has 1 heterocycles. The highest BCUT2D eigenvalue weighted by molar-refractivity contribution is 5.89. The highest BCUT2D eigenvalue weighted by Crippen LogP contribution is 2.09. The lowest BCUT2D eigenvalue weighted by Gasteiger charge is -2.12. The molecule has 1 rings (SSSR count). The van der Waals surface area contributed by atoms with Crippen LogP contribution in [-0.4, -0.2) is 33.6 Å². The maximum absolute atomic E-state index is 11.5. The van der Waals surface area contributed by atoms with Gasteiger partial charge in [0.1, 0.15) is 0 Å². The van der Waals surface area contributed by atoms with Gasteiger partial charge in [0.05, 0.1) is 11.9 Å². The van der Waals surface area contributed by atoms with Gasteiger partial charge >= 0.3 is 6.03 Å². The number of carbonyl (C=O) groups is 1. The van der Waals surface area contributed by atoms with Gasteiger partial charge in [0.15, 0.2) is 0 Å². The van der Waals surface area contributed by atoms with Gasteiger partial charge in [-0.25, -0.2) is 4.79 Å². The predicted molar refractivity (Wildman–Crippen MR) is 65.9 cm³/mol. The van der Waals surface area contributed by atoms with Crippen LogP contribution in [0.15, 0.2) is 12.4 Å². The molecule has 96 valence electrons. The maximum atomic E-state index is 11.5. The number of urea groups is 1. The van der Waals surface area contributed by atoms with Crippen LogP contribution >= 0.6 is 0 Å². The van der Waals surface area contributed by atoms with Crippen molar-refractivity contribution in [2.24, 2.45) is 0 Å². The third kappa shape index (κ3) is 4.44. The number of nitrogens with zero attached hydrogens (tertiary/aromatic N) is 2. The quantitative estimate of drug-likeness (QED) is 0.727. The summed E-state index contributed by atoms with van der Waals surface area (Å²) in [6.07, 6.45) is 3.93. The van der Waals surface area contributed by atoms with Crippen molar-refractivity contribution in [1.29, 1.82) is 0 Å². The minimum absolute atomic E-state index is 0.0554. The Morgan fingerprint density at radius 1 is 1.53 bits per heavy atom. The molecule has 0 fully saturated rings. The van der Waals surface area contributed by atoms with Crippen LogP contribution in [-0.2, 0) is 0 Å². The van der Waals surface area contributed by atoms with E-state index in [4.69, 9.17) is 5.11 Å². The number of aliphatic hydroxyl groups excluding tert-OH is 1. The largest absolute Gasteiger partial charge is 0.396 e. The topological polar surface area (TPSA) is 79.2 Å². The van der Waals surface area contributed by atoms with Crippen LogP contribution in [0.25, 0.3) is 0 Å². The second-order valence-corrected chi connectivity index (χ2v) is 4.31. The van der Waals surface area contributed by atoms with E-state index in [9.17, 15) is 4.79 Å². The van der Waals surface area contributed by atoms with Crippen LogP contribution in [0.1, 0.15) is 33.2 Å². The molecule has 0 spiro atoms. The van der Waals surface area contributed by atoms with Crippen molar-refractivity contribution in [3.63, 3.8) is 0 Å². The molecule has 0 aliphatic heterocycles. The lowest BCUT2D eigenvalue weighted by atomic mass is 10.2. The van der Waals surface area contributed by atoms with Gasteiger partial charge in [-0.15, -0.1) is 0 Å². The van der Waals surface area contributed by atoms with Crippen molar-refractivity contribution < 1.29 is 9.90 Å². The smallest absolute Gasteiger partial charge is 0.319 e. The second-order valence-electron chi connectivity index (χ2n) is 4.31. The molecule has 2 amide bonds. The van der Waals surface area contributed by atoms with Crippen molar-refractivity contribution in [1.82, 2.24) is 15.1 Å². The van der Waals surface area contributed by atoms with Gasteiger partial charge < -0.3 is 15.7 Å². The minimum atomic E-state index is -0.283. The first kappa shape index (κ1) is 13.5.